The van der Waals surface area contributed by atoms with E-state index in [0.29, 0.717) is 13.0 Å². The molecule has 0 saturated carbocycles. The van der Waals surface area contributed by atoms with Crippen molar-refractivity contribution in [2.24, 2.45) is 0 Å². The predicted octanol–water partition coefficient (Wildman–Crippen LogP) is 11.2. The Balaban J connectivity index is 3.68. The van der Waals surface area contributed by atoms with Gasteiger partial charge in [-0.15, -0.1) is 0 Å². The van der Waals surface area contributed by atoms with Gasteiger partial charge >= 0.3 is 5.97 Å². The number of aliphatic hydroxyl groups is 1. The smallest absolute Gasteiger partial charge is 0.306 e. The molecule has 0 aromatic carbocycles. The molecule has 0 amide bonds. The first-order chi connectivity index (χ1) is 22.2. The van der Waals surface area contributed by atoms with Gasteiger partial charge in [0.05, 0.1) is 13.2 Å². The molecule has 0 heterocycles. The molecule has 0 aliphatic rings. The standard InChI is InChI=1S/C41H64O4/c1-3-5-7-9-11-13-15-17-18-19-20-21-22-23-25-27-29-31-33-35-37-44-39-40(38-42)45-41(43)36-34-32-30-28-26-24-16-14-12-10-8-6-4-2/h5-8,11-14,17-18,20-21,23-26,29,31,40,42H,3-4,9-10,15-16,19,22,27-28,30,32-39H2,1-2H3/b7-5-,8-6-,13-11-,14-12-,18-17-,21-20-,25-23-,26-24-,31-29-. The summed E-state index contributed by atoms with van der Waals surface area (Å²) in [7, 11) is 0. The molecule has 0 aromatic rings. The Bertz CT molecular complexity index is 914. The first kappa shape index (κ1) is 42.0. The van der Waals surface area contributed by atoms with Crippen LogP contribution >= 0.6 is 0 Å². The van der Waals surface area contributed by atoms with E-state index in [1.165, 1.54) is 0 Å². The monoisotopic (exact) mass is 620 g/mol. The van der Waals surface area contributed by atoms with Crippen LogP contribution in [0.25, 0.3) is 0 Å². The lowest BCUT2D eigenvalue weighted by atomic mass is 10.1. The fourth-order valence-corrected chi connectivity index (χ4v) is 4.06. The Labute approximate surface area is 276 Å². The van der Waals surface area contributed by atoms with Gasteiger partial charge in [0.1, 0.15) is 6.10 Å². The molecule has 1 atom stereocenters. The molecular weight excluding hydrogens is 556 g/mol. The molecule has 0 aromatic heterocycles. The lowest BCUT2D eigenvalue weighted by Crippen LogP contribution is -2.27. The van der Waals surface area contributed by atoms with Gasteiger partial charge in [0.2, 0.25) is 0 Å². The molecular formula is C41H64O4. The molecule has 252 valence electrons. The van der Waals surface area contributed by atoms with E-state index in [9.17, 15) is 9.90 Å². The minimum atomic E-state index is -0.586. The van der Waals surface area contributed by atoms with Gasteiger partial charge < -0.3 is 14.6 Å². The van der Waals surface area contributed by atoms with Crippen molar-refractivity contribution in [3.8, 4) is 0 Å². The highest BCUT2D eigenvalue weighted by atomic mass is 16.6. The number of carbonyl (C=O) groups is 1. The Kier molecular flexibility index (Phi) is 34.8. The van der Waals surface area contributed by atoms with E-state index in [-0.39, 0.29) is 19.2 Å². The van der Waals surface area contributed by atoms with E-state index in [1.807, 2.05) is 0 Å². The average Bonchev–Trinajstić information content (AvgIpc) is 3.05. The summed E-state index contributed by atoms with van der Waals surface area (Å²) in [4.78, 5) is 12.1. The molecule has 0 saturated heterocycles. The molecule has 0 bridgehead atoms. The van der Waals surface area contributed by atoms with E-state index in [0.717, 1.165) is 96.3 Å². The van der Waals surface area contributed by atoms with Crippen LogP contribution in [0.4, 0.5) is 0 Å². The number of ether oxygens (including phenoxy) is 2. The third-order valence-corrected chi connectivity index (χ3v) is 6.59. The summed E-state index contributed by atoms with van der Waals surface area (Å²) in [6.07, 6.45) is 54.2. The summed E-state index contributed by atoms with van der Waals surface area (Å²) in [6.45, 7) is 4.90. The average molecular weight is 621 g/mol. The number of rotatable bonds is 30. The van der Waals surface area contributed by atoms with Crippen LogP contribution in [0.3, 0.4) is 0 Å². The van der Waals surface area contributed by atoms with Crippen molar-refractivity contribution in [3.63, 3.8) is 0 Å². The highest BCUT2D eigenvalue weighted by Crippen LogP contribution is 2.07. The largest absolute Gasteiger partial charge is 0.457 e. The van der Waals surface area contributed by atoms with Crippen molar-refractivity contribution in [3.05, 3.63) is 109 Å². The van der Waals surface area contributed by atoms with Crippen molar-refractivity contribution in [2.45, 2.75) is 123 Å². The molecule has 0 spiro atoms. The van der Waals surface area contributed by atoms with Crippen LogP contribution in [-0.2, 0) is 14.3 Å². The Morgan fingerprint density at radius 2 is 0.933 bits per heavy atom. The maximum atomic E-state index is 12.1. The summed E-state index contributed by atoms with van der Waals surface area (Å²) in [5, 5.41) is 9.53. The molecule has 4 nitrogen and oxygen atoms in total. The third kappa shape index (κ3) is 35.4. The molecule has 1 unspecified atom stereocenters. The summed E-state index contributed by atoms with van der Waals surface area (Å²) in [6, 6.07) is 0. The minimum absolute atomic E-state index is 0.215. The van der Waals surface area contributed by atoms with Crippen LogP contribution in [-0.4, -0.2) is 37.0 Å². The third-order valence-electron chi connectivity index (χ3n) is 6.59. The second kappa shape index (κ2) is 37.2. The van der Waals surface area contributed by atoms with E-state index in [4.69, 9.17) is 9.47 Å². The van der Waals surface area contributed by atoms with Crippen LogP contribution in [0, 0.1) is 0 Å². The van der Waals surface area contributed by atoms with Crippen molar-refractivity contribution < 1.29 is 19.4 Å². The highest BCUT2D eigenvalue weighted by molar-refractivity contribution is 5.69. The minimum Gasteiger partial charge on any atom is -0.457 e. The van der Waals surface area contributed by atoms with E-state index < -0.39 is 6.10 Å². The van der Waals surface area contributed by atoms with Crippen LogP contribution in [0.5, 0.6) is 0 Å². The molecule has 45 heavy (non-hydrogen) atoms. The van der Waals surface area contributed by atoms with Gasteiger partial charge in [0.15, 0.2) is 0 Å². The van der Waals surface area contributed by atoms with Crippen LogP contribution in [0.15, 0.2) is 109 Å². The predicted molar refractivity (Wildman–Crippen MR) is 195 cm³/mol. The van der Waals surface area contributed by atoms with Crippen molar-refractivity contribution in [1.82, 2.24) is 0 Å². The fraction of sp³-hybridized carbons (Fsp3) is 0.537. The zero-order valence-electron chi connectivity index (χ0n) is 28.6. The van der Waals surface area contributed by atoms with Crippen LogP contribution in [0.2, 0.25) is 0 Å². The van der Waals surface area contributed by atoms with Gasteiger partial charge in [-0.25, -0.2) is 0 Å². The molecule has 0 aliphatic carbocycles. The van der Waals surface area contributed by atoms with E-state index >= 15 is 0 Å². The van der Waals surface area contributed by atoms with Gasteiger partial charge in [-0.3, -0.25) is 4.79 Å². The van der Waals surface area contributed by atoms with Crippen LogP contribution < -0.4 is 0 Å². The molecule has 0 aliphatic heterocycles. The number of aliphatic hydroxyl groups excluding tert-OH is 1. The molecule has 1 N–H and O–H groups in total. The lowest BCUT2D eigenvalue weighted by molar-refractivity contribution is -0.154. The zero-order valence-corrected chi connectivity index (χ0v) is 28.6. The van der Waals surface area contributed by atoms with E-state index in [1.54, 1.807) is 0 Å². The van der Waals surface area contributed by atoms with Crippen LogP contribution in [0.1, 0.15) is 117 Å². The topological polar surface area (TPSA) is 55.8 Å². The van der Waals surface area contributed by atoms with Gasteiger partial charge in [-0.05, 0) is 89.9 Å². The second-order valence-electron chi connectivity index (χ2n) is 10.8. The summed E-state index contributed by atoms with van der Waals surface area (Å²) in [5.41, 5.74) is 0. The van der Waals surface area contributed by atoms with Gasteiger partial charge in [0, 0.05) is 13.0 Å². The maximum Gasteiger partial charge on any atom is 0.306 e. The molecule has 0 rings (SSSR count). The quantitative estimate of drug-likeness (QED) is 0.0493. The maximum absolute atomic E-state index is 12.1. The van der Waals surface area contributed by atoms with E-state index in [2.05, 4.69) is 123 Å². The number of hydrogen-bond acceptors (Lipinski definition) is 4. The second-order valence-corrected chi connectivity index (χ2v) is 10.8. The van der Waals surface area contributed by atoms with Gasteiger partial charge in [-0.1, -0.05) is 130 Å². The number of allylic oxidation sites excluding steroid dienone is 18. The number of hydrogen-bond donors (Lipinski definition) is 1. The number of esters is 1. The number of carbonyl (C=O) groups excluding carboxylic acids is 1. The van der Waals surface area contributed by atoms with Crippen molar-refractivity contribution in [2.75, 3.05) is 19.8 Å². The van der Waals surface area contributed by atoms with Crippen molar-refractivity contribution >= 4 is 5.97 Å². The Morgan fingerprint density at radius 3 is 1.36 bits per heavy atom. The summed E-state index contributed by atoms with van der Waals surface area (Å²) in [5.74, 6) is -0.256. The van der Waals surface area contributed by atoms with Crippen molar-refractivity contribution in [1.29, 1.82) is 0 Å². The molecule has 0 radical (unpaired) electrons. The lowest BCUT2D eigenvalue weighted by Gasteiger charge is -2.15. The Hall–Kier alpha value is -2.95. The normalized spacial score (nSPS) is 13.8. The molecule has 0 fully saturated rings. The number of unbranched alkanes of at least 4 members (excludes halogenated alkanes) is 4. The fourth-order valence-electron chi connectivity index (χ4n) is 4.06. The summed E-state index contributed by atoms with van der Waals surface area (Å²) < 4.78 is 11.0. The van der Waals surface area contributed by atoms with Gasteiger partial charge in [0.25, 0.3) is 0 Å². The Morgan fingerprint density at radius 1 is 0.533 bits per heavy atom. The molecule has 4 heteroatoms. The first-order valence-corrected chi connectivity index (χ1v) is 17.5. The summed E-state index contributed by atoms with van der Waals surface area (Å²) >= 11 is 0. The zero-order chi connectivity index (χ0) is 32.7. The SMILES string of the molecule is CC/C=C\C/C=C\C/C=C\C/C=C\C/C=C\C/C=C\CCCOCC(CO)OC(=O)CCCCC/C=C\C/C=C\C/C=C\CC. The highest BCUT2D eigenvalue weighted by Gasteiger charge is 2.13. The first-order valence-electron chi connectivity index (χ1n) is 17.5. The van der Waals surface area contributed by atoms with Gasteiger partial charge in [-0.2, -0.15) is 0 Å².